The van der Waals surface area contributed by atoms with E-state index in [0.29, 0.717) is 47.8 Å². The van der Waals surface area contributed by atoms with Crippen LogP contribution in [-0.2, 0) is 19.5 Å². The zero-order chi connectivity index (χ0) is 57.2. The second-order valence-electron chi connectivity index (χ2n) is 19.7. The van der Waals surface area contributed by atoms with Gasteiger partial charge in [0.2, 0.25) is 5.95 Å². The zero-order valence-corrected chi connectivity index (χ0v) is 47.5. The standard InChI is InChI=1S/C22H26N4.C17H17BrN4.C12H11NO2.C8H5NO2.C4H9N/c1-16(13-23)10-19-8-9-21-20(11-19)14-24-22(25-21)12-17-4-6-18(7-5-17)15-26(2)3;1-22(2)11-12-3-6-15(7-4-12)20-17-19-10-13-9-14(18)5-8-16(13)21-17;1-8(2)7-13-11(14)9-5-3-4-6-10(9)12(13)15;10-7-5-3-1-2-4-6(5)8(11)9-7;1-4(2)3-5/h4-11,14H,12-13,15,23H2,1-3H3;3-10H,11H2,1-2H3,(H,19,20,21);3-6H,1,7H2,2H3;1-4H,(H,9,10,11);1,3,5H2,2H3/b16-10+;;;;. The Labute approximate surface area is 471 Å². The highest BCUT2D eigenvalue weighted by atomic mass is 79.9. The Kier molecular flexibility index (Phi) is 21.9. The predicted molar refractivity (Wildman–Crippen MR) is 322 cm³/mol. The molecule has 0 fully saturated rings. The molecule has 8 aromatic rings. The molecule has 0 spiro atoms. The highest BCUT2D eigenvalue weighted by Crippen LogP contribution is 2.24. The summed E-state index contributed by atoms with van der Waals surface area (Å²) in [4.78, 5) is 69.2. The quantitative estimate of drug-likeness (QED) is 0.0627. The van der Waals surface area contributed by atoms with Crippen molar-refractivity contribution in [3.05, 3.63) is 231 Å². The average Bonchev–Trinajstić information content (AvgIpc) is 3.92. The SMILES string of the molecule is C/C(=C\c1ccc2nc(Cc3ccc(CN(C)C)cc3)ncc2c1)CN.C=C(C)CN.C=C(C)CN1C(=O)c2ccccc2C1=O.CN(C)Cc1ccc(Nc2ncc3cc(Br)ccc3n2)cc1.O=C1NC(=O)c2ccccc21. The molecule has 6 aromatic carbocycles. The molecule has 79 heavy (non-hydrogen) atoms. The summed E-state index contributed by atoms with van der Waals surface area (Å²) in [6.45, 7) is 16.3. The van der Waals surface area contributed by atoms with E-state index < -0.39 is 0 Å². The van der Waals surface area contributed by atoms with E-state index >= 15 is 0 Å². The molecule has 15 nitrogen and oxygen atoms in total. The molecule has 2 aliphatic rings. The largest absolute Gasteiger partial charge is 0.327 e. The number of nitrogens with two attached hydrogens (primary N) is 2. The maximum atomic E-state index is 11.8. The van der Waals surface area contributed by atoms with Crippen LogP contribution in [0.15, 0.2) is 180 Å². The van der Waals surface area contributed by atoms with Gasteiger partial charge >= 0.3 is 0 Å². The minimum absolute atomic E-state index is 0.224. The lowest BCUT2D eigenvalue weighted by Crippen LogP contribution is -2.31. The van der Waals surface area contributed by atoms with E-state index in [1.807, 2.05) is 56.6 Å². The first kappa shape index (κ1) is 59.9. The van der Waals surface area contributed by atoms with Crippen LogP contribution in [0.3, 0.4) is 0 Å². The van der Waals surface area contributed by atoms with Crippen LogP contribution in [0.1, 0.15) is 90.3 Å². The van der Waals surface area contributed by atoms with E-state index in [1.54, 1.807) is 55.5 Å². The second kappa shape index (κ2) is 28.8. The minimum Gasteiger partial charge on any atom is -0.327 e. The minimum atomic E-state index is -0.300. The second-order valence-corrected chi connectivity index (χ2v) is 20.6. The number of benzene rings is 6. The van der Waals surface area contributed by atoms with Crippen LogP contribution in [0.25, 0.3) is 27.9 Å². The summed E-state index contributed by atoms with van der Waals surface area (Å²) in [5.74, 6) is 0.405. The van der Waals surface area contributed by atoms with Crippen LogP contribution in [0.5, 0.6) is 0 Å². The number of nitrogens with one attached hydrogen (secondary N) is 2. The molecule has 2 aliphatic heterocycles. The fourth-order valence-electron chi connectivity index (χ4n) is 7.94. The van der Waals surface area contributed by atoms with Gasteiger partial charge in [-0.2, -0.15) is 0 Å². The van der Waals surface area contributed by atoms with Gasteiger partial charge in [0.05, 0.1) is 33.3 Å². The lowest BCUT2D eigenvalue weighted by atomic mass is 10.1. The number of halogens is 1. The number of aromatic nitrogens is 4. The van der Waals surface area contributed by atoms with Crippen LogP contribution >= 0.6 is 15.9 Å². The van der Waals surface area contributed by atoms with Gasteiger partial charge in [-0.15, -0.1) is 0 Å². The number of imide groups is 2. The molecule has 6 N–H and O–H groups in total. The summed E-state index contributed by atoms with van der Waals surface area (Å²) >= 11 is 3.45. The molecule has 406 valence electrons. The molecule has 16 heteroatoms. The van der Waals surface area contributed by atoms with Crippen LogP contribution in [-0.4, -0.2) is 106 Å². The van der Waals surface area contributed by atoms with Crippen molar-refractivity contribution < 1.29 is 19.2 Å². The van der Waals surface area contributed by atoms with Crippen LogP contribution in [0, 0.1) is 0 Å². The Morgan fingerprint density at radius 1 is 0.620 bits per heavy atom. The molecule has 0 aliphatic carbocycles. The van der Waals surface area contributed by atoms with Gasteiger partial charge in [-0.05, 0) is 138 Å². The number of amides is 4. The van der Waals surface area contributed by atoms with Gasteiger partial charge in [0.25, 0.3) is 23.6 Å². The molecule has 0 saturated carbocycles. The molecule has 2 aromatic heterocycles. The van der Waals surface area contributed by atoms with Gasteiger partial charge in [-0.3, -0.25) is 29.4 Å². The fourth-order valence-corrected chi connectivity index (χ4v) is 8.32. The number of anilines is 2. The van der Waals surface area contributed by atoms with Gasteiger partial charge in [0.15, 0.2) is 0 Å². The van der Waals surface area contributed by atoms with Crippen LogP contribution < -0.4 is 22.1 Å². The van der Waals surface area contributed by atoms with Crippen molar-refractivity contribution in [3.63, 3.8) is 0 Å². The molecular weight excluding hydrogens is 1050 g/mol. The highest BCUT2D eigenvalue weighted by Gasteiger charge is 2.34. The number of nitrogens with zero attached hydrogens (tertiary/aromatic N) is 7. The summed E-state index contributed by atoms with van der Waals surface area (Å²) in [6, 6.07) is 42.8. The number of hydrogen-bond donors (Lipinski definition) is 4. The smallest absolute Gasteiger partial charge is 0.261 e. The third kappa shape index (κ3) is 17.8. The van der Waals surface area contributed by atoms with E-state index in [9.17, 15) is 19.2 Å². The van der Waals surface area contributed by atoms with Gasteiger partial charge in [-0.25, -0.2) is 19.9 Å². The Balaban J connectivity index is 0.000000172. The number of hydrogen-bond acceptors (Lipinski definition) is 13. The molecule has 4 amide bonds. The van der Waals surface area contributed by atoms with Crippen molar-refractivity contribution in [2.24, 2.45) is 11.5 Å². The van der Waals surface area contributed by atoms with Gasteiger partial charge in [-0.1, -0.05) is 119 Å². The summed E-state index contributed by atoms with van der Waals surface area (Å²) in [6.07, 6.45) is 6.58. The highest BCUT2D eigenvalue weighted by molar-refractivity contribution is 9.10. The van der Waals surface area contributed by atoms with Gasteiger partial charge < -0.3 is 26.6 Å². The fraction of sp³-hybridized carbons (Fsp3) is 0.206. The molecule has 0 bridgehead atoms. The van der Waals surface area contributed by atoms with E-state index in [0.717, 1.165) is 79.6 Å². The lowest BCUT2D eigenvalue weighted by Gasteiger charge is -2.12. The Morgan fingerprint density at radius 2 is 1.11 bits per heavy atom. The molecule has 0 radical (unpaired) electrons. The Hall–Kier alpha value is -8.38. The molecule has 10 rings (SSSR count). The van der Waals surface area contributed by atoms with Crippen LogP contribution in [0.4, 0.5) is 11.6 Å². The first-order valence-electron chi connectivity index (χ1n) is 25.5. The van der Waals surface area contributed by atoms with Crippen LogP contribution in [0.2, 0.25) is 0 Å². The topological polar surface area (TPSA) is 206 Å². The van der Waals surface area contributed by atoms with Crippen molar-refractivity contribution in [3.8, 4) is 0 Å². The van der Waals surface area contributed by atoms with E-state index in [1.165, 1.54) is 21.6 Å². The monoisotopic (exact) mass is 1120 g/mol. The van der Waals surface area contributed by atoms with Crippen molar-refractivity contribution in [1.29, 1.82) is 0 Å². The first-order chi connectivity index (χ1) is 37.8. The average molecular weight is 1120 g/mol. The van der Waals surface area contributed by atoms with E-state index in [4.69, 9.17) is 16.5 Å². The maximum Gasteiger partial charge on any atom is 0.261 e. The number of fused-ring (bicyclic) bond motifs is 4. The number of rotatable bonds is 13. The first-order valence-corrected chi connectivity index (χ1v) is 26.3. The van der Waals surface area contributed by atoms with E-state index in [-0.39, 0.29) is 23.6 Å². The van der Waals surface area contributed by atoms with Crippen molar-refractivity contribution in [1.82, 2.24) is 40.0 Å². The normalized spacial score (nSPS) is 12.3. The van der Waals surface area contributed by atoms with E-state index in [2.05, 4.69) is 153 Å². The number of carbonyl (C=O) groups is 4. The molecule has 0 atom stereocenters. The Bertz CT molecular complexity index is 3440. The third-order valence-electron chi connectivity index (χ3n) is 11.8. The molecule has 4 heterocycles. The maximum absolute atomic E-state index is 11.8. The summed E-state index contributed by atoms with van der Waals surface area (Å²) in [7, 11) is 8.28. The molecular formula is C63H68BrN11O4. The molecule has 0 unspecified atom stereocenters. The molecule has 0 saturated heterocycles. The van der Waals surface area contributed by atoms with Gasteiger partial charge in [0, 0.05) is 72.5 Å². The van der Waals surface area contributed by atoms with Gasteiger partial charge in [0.1, 0.15) is 5.82 Å². The summed E-state index contributed by atoms with van der Waals surface area (Å²) in [5, 5.41) is 7.51. The van der Waals surface area contributed by atoms with Crippen molar-refractivity contribution in [2.45, 2.75) is 40.3 Å². The summed E-state index contributed by atoms with van der Waals surface area (Å²) < 4.78 is 1.03. The number of carbonyl (C=O) groups excluding carboxylic acids is 4. The Morgan fingerprint density at radius 3 is 1.65 bits per heavy atom. The third-order valence-corrected chi connectivity index (χ3v) is 12.3. The predicted octanol–water partition coefficient (Wildman–Crippen LogP) is 10.8. The summed E-state index contributed by atoms with van der Waals surface area (Å²) in [5.41, 5.74) is 23.5. The zero-order valence-electron chi connectivity index (χ0n) is 45.9. The van der Waals surface area contributed by atoms with Crippen molar-refractivity contribution in [2.75, 3.05) is 53.1 Å². The lowest BCUT2D eigenvalue weighted by molar-refractivity contribution is 0.0667. The van der Waals surface area contributed by atoms with Crippen molar-refractivity contribution >= 4 is 79.1 Å².